The molecular weight excluding hydrogens is 306 g/mol. The molecule has 0 N–H and O–H groups in total. The van der Waals surface area contributed by atoms with Gasteiger partial charge in [0.05, 0.1) is 10.0 Å². The molecule has 0 amide bonds. The SMILES string of the molecule is C[Si](C)(C)Oc1c(Cl)cc(S(=O)(=O)F)cc1Cl. The lowest BCUT2D eigenvalue weighted by molar-refractivity contribution is 0.549. The summed E-state index contributed by atoms with van der Waals surface area (Å²) >= 11 is 11.7. The molecule has 96 valence electrons. The van der Waals surface area contributed by atoms with Gasteiger partial charge >= 0.3 is 10.2 Å². The molecule has 0 atom stereocenters. The van der Waals surface area contributed by atoms with Crippen LogP contribution in [-0.4, -0.2) is 16.7 Å². The van der Waals surface area contributed by atoms with E-state index >= 15 is 0 Å². The predicted molar refractivity (Wildman–Crippen MR) is 68.7 cm³/mol. The fraction of sp³-hybridized carbons (Fsp3) is 0.333. The van der Waals surface area contributed by atoms with Crippen LogP contribution in [0.1, 0.15) is 0 Å². The molecule has 17 heavy (non-hydrogen) atoms. The summed E-state index contributed by atoms with van der Waals surface area (Å²) in [4.78, 5) is -0.574. The van der Waals surface area contributed by atoms with Gasteiger partial charge in [-0.25, -0.2) is 0 Å². The number of hydrogen-bond acceptors (Lipinski definition) is 3. The van der Waals surface area contributed by atoms with Crippen molar-refractivity contribution in [3.05, 3.63) is 22.2 Å². The van der Waals surface area contributed by atoms with Crippen LogP contribution in [-0.2, 0) is 10.2 Å². The molecule has 0 unspecified atom stereocenters. The molecule has 3 nitrogen and oxygen atoms in total. The molecule has 0 aliphatic rings. The highest BCUT2D eigenvalue weighted by Crippen LogP contribution is 2.37. The number of hydrogen-bond donors (Lipinski definition) is 0. The smallest absolute Gasteiger partial charge is 0.332 e. The highest BCUT2D eigenvalue weighted by molar-refractivity contribution is 7.86. The molecule has 0 fully saturated rings. The van der Waals surface area contributed by atoms with Crippen molar-refractivity contribution in [3.63, 3.8) is 0 Å². The van der Waals surface area contributed by atoms with E-state index in [0.717, 1.165) is 12.1 Å². The van der Waals surface area contributed by atoms with Crippen molar-refractivity contribution in [2.45, 2.75) is 24.5 Å². The summed E-state index contributed by atoms with van der Waals surface area (Å²) < 4.78 is 39.8. The van der Waals surface area contributed by atoms with Crippen LogP contribution in [0.15, 0.2) is 17.0 Å². The molecule has 1 aromatic rings. The maximum atomic E-state index is 12.8. The highest BCUT2D eigenvalue weighted by atomic mass is 35.5. The molecule has 0 aliphatic heterocycles. The Morgan fingerprint density at radius 1 is 1.18 bits per heavy atom. The summed E-state index contributed by atoms with van der Waals surface area (Å²) in [7, 11) is -6.76. The minimum absolute atomic E-state index is 0.0175. The lowest BCUT2D eigenvalue weighted by Crippen LogP contribution is -2.29. The van der Waals surface area contributed by atoms with E-state index in [0.29, 0.717) is 0 Å². The average molecular weight is 317 g/mol. The van der Waals surface area contributed by atoms with Crippen LogP contribution in [0.5, 0.6) is 5.75 Å². The monoisotopic (exact) mass is 316 g/mol. The minimum Gasteiger partial charge on any atom is -0.542 e. The lowest BCUT2D eigenvalue weighted by Gasteiger charge is -2.21. The van der Waals surface area contributed by atoms with E-state index < -0.39 is 23.4 Å². The predicted octanol–water partition coefficient (Wildman–Crippen LogP) is 3.87. The molecule has 8 heteroatoms. The van der Waals surface area contributed by atoms with Crippen LogP contribution in [0.4, 0.5) is 3.89 Å². The largest absolute Gasteiger partial charge is 0.542 e. The Labute approximate surface area is 111 Å². The van der Waals surface area contributed by atoms with E-state index in [9.17, 15) is 12.3 Å². The van der Waals surface area contributed by atoms with E-state index in [1.807, 2.05) is 19.6 Å². The zero-order chi connectivity index (χ0) is 13.4. The molecule has 0 heterocycles. The highest BCUT2D eigenvalue weighted by Gasteiger charge is 2.23. The Morgan fingerprint density at radius 3 is 1.88 bits per heavy atom. The Balaban J connectivity index is 3.30. The van der Waals surface area contributed by atoms with Crippen molar-refractivity contribution < 1.29 is 16.7 Å². The van der Waals surface area contributed by atoms with Gasteiger partial charge in [0.15, 0.2) is 0 Å². The Bertz CT molecular complexity index is 517. The van der Waals surface area contributed by atoms with Gasteiger partial charge in [0, 0.05) is 0 Å². The first-order valence-electron chi connectivity index (χ1n) is 4.63. The summed E-state index contributed by atoms with van der Waals surface area (Å²) in [6.07, 6.45) is 0. The van der Waals surface area contributed by atoms with E-state index in [1.165, 1.54) is 0 Å². The van der Waals surface area contributed by atoms with Crippen LogP contribution in [0.2, 0.25) is 29.7 Å². The first-order valence-corrected chi connectivity index (χ1v) is 10.2. The van der Waals surface area contributed by atoms with Gasteiger partial charge in [-0.1, -0.05) is 23.2 Å². The Morgan fingerprint density at radius 2 is 1.59 bits per heavy atom. The number of rotatable bonds is 3. The summed E-state index contributed by atoms with van der Waals surface area (Å²) in [5, 5.41) is -0.0349. The number of halogens is 3. The first-order chi connectivity index (χ1) is 7.50. The normalized spacial score (nSPS) is 12.6. The molecule has 1 rings (SSSR count). The van der Waals surface area contributed by atoms with E-state index in [4.69, 9.17) is 27.6 Å². The average Bonchev–Trinajstić information content (AvgIpc) is 2.07. The van der Waals surface area contributed by atoms with Crippen LogP contribution in [0, 0.1) is 0 Å². The van der Waals surface area contributed by atoms with Crippen molar-refractivity contribution in [1.82, 2.24) is 0 Å². The summed E-state index contributed by atoms with van der Waals surface area (Å²) in [6.45, 7) is 5.75. The van der Waals surface area contributed by atoms with E-state index in [1.54, 1.807) is 0 Å². The Kier molecular flexibility index (Phi) is 4.13. The third-order valence-corrected chi connectivity index (χ3v) is 3.84. The molecule has 0 aromatic heterocycles. The standard InChI is InChI=1S/C9H11Cl2FO3SSi/c1-17(2,3)15-9-7(10)4-6(5-8(9)11)16(12,13)14/h4-5H,1-3H3. The van der Waals surface area contributed by atoms with E-state index in [2.05, 4.69) is 0 Å². The van der Waals surface area contributed by atoms with Gasteiger partial charge < -0.3 is 4.43 Å². The molecule has 0 radical (unpaired) electrons. The van der Waals surface area contributed by atoms with Crippen LogP contribution in [0.25, 0.3) is 0 Å². The third kappa shape index (κ3) is 4.13. The number of benzene rings is 1. The first kappa shape index (κ1) is 14.8. The second-order valence-electron chi connectivity index (χ2n) is 4.37. The summed E-state index contributed by atoms with van der Waals surface area (Å²) in [5.41, 5.74) is 0. The third-order valence-electron chi connectivity index (χ3n) is 1.66. The van der Waals surface area contributed by atoms with Crippen molar-refractivity contribution >= 4 is 41.7 Å². The van der Waals surface area contributed by atoms with E-state index in [-0.39, 0.29) is 15.8 Å². The van der Waals surface area contributed by atoms with Gasteiger partial charge in [-0.3, -0.25) is 0 Å². The minimum atomic E-state index is -4.82. The van der Waals surface area contributed by atoms with Crippen molar-refractivity contribution in [2.24, 2.45) is 0 Å². The molecule has 0 saturated heterocycles. The van der Waals surface area contributed by atoms with Gasteiger partial charge in [-0.15, -0.1) is 3.89 Å². The summed E-state index contributed by atoms with van der Waals surface area (Å²) in [6, 6.07) is 1.97. The fourth-order valence-electron chi connectivity index (χ4n) is 1.08. The summed E-state index contributed by atoms with van der Waals surface area (Å²) in [5.74, 6) is 0.194. The molecule has 0 aliphatic carbocycles. The fourth-order valence-corrected chi connectivity index (χ4v) is 3.25. The van der Waals surface area contributed by atoms with Crippen molar-refractivity contribution in [2.75, 3.05) is 0 Å². The van der Waals surface area contributed by atoms with Crippen LogP contribution >= 0.6 is 23.2 Å². The van der Waals surface area contributed by atoms with Crippen molar-refractivity contribution in [3.8, 4) is 5.75 Å². The van der Waals surface area contributed by atoms with Gasteiger partial charge in [0.25, 0.3) is 0 Å². The Hall–Kier alpha value is -0.303. The maximum Gasteiger partial charge on any atom is 0.332 e. The van der Waals surface area contributed by atoms with Gasteiger partial charge in [0.2, 0.25) is 8.32 Å². The zero-order valence-corrected chi connectivity index (χ0v) is 12.7. The lowest BCUT2D eigenvalue weighted by atomic mass is 10.3. The zero-order valence-electron chi connectivity index (χ0n) is 9.42. The molecule has 0 saturated carbocycles. The second-order valence-corrected chi connectivity index (χ2v) is 11.0. The van der Waals surface area contributed by atoms with Crippen LogP contribution in [0.3, 0.4) is 0 Å². The molecule has 0 spiro atoms. The van der Waals surface area contributed by atoms with Crippen LogP contribution < -0.4 is 4.43 Å². The molecular formula is C9H11Cl2FO3SSi. The molecule has 0 bridgehead atoms. The van der Waals surface area contributed by atoms with Gasteiger partial charge in [-0.2, -0.15) is 8.42 Å². The quantitative estimate of drug-likeness (QED) is 0.628. The second kappa shape index (κ2) is 4.76. The maximum absolute atomic E-state index is 12.8. The topological polar surface area (TPSA) is 43.4 Å². The van der Waals surface area contributed by atoms with Gasteiger partial charge in [-0.05, 0) is 31.8 Å². The van der Waals surface area contributed by atoms with Crippen molar-refractivity contribution in [1.29, 1.82) is 0 Å². The van der Waals surface area contributed by atoms with Gasteiger partial charge in [0.1, 0.15) is 10.6 Å². The molecule has 1 aromatic carbocycles.